The summed E-state index contributed by atoms with van der Waals surface area (Å²) in [5, 5.41) is 23.1. The average molecular weight is 404 g/mol. The summed E-state index contributed by atoms with van der Waals surface area (Å²) in [7, 11) is 1.74. The van der Waals surface area contributed by atoms with E-state index in [1.165, 1.54) is 6.20 Å². The van der Waals surface area contributed by atoms with Crippen LogP contribution in [0.25, 0.3) is 0 Å². The summed E-state index contributed by atoms with van der Waals surface area (Å²) in [4.78, 5) is 20.0. The highest BCUT2D eigenvalue weighted by molar-refractivity contribution is 6.32. The summed E-state index contributed by atoms with van der Waals surface area (Å²) >= 11 is 6.25. The SMILES string of the molecule is C#CC(=O)NC1CCCC(Nc2nc(Nc3cc(CO)n(C)n3)ncc2Cl)C1. The van der Waals surface area contributed by atoms with Crippen LogP contribution >= 0.6 is 11.6 Å². The number of aromatic nitrogens is 4. The molecule has 1 aliphatic rings. The third-order valence-corrected chi connectivity index (χ3v) is 4.88. The maximum absolute atomic E-state index is 11.4. The van der Waals surface area contributed by atoms with Gasteiger partial charge in [0.15, 0.2) is 11.6 Å². The van der Waals surface area contributed by atoms with Crippen LogP contribution in [0.5, 0.6) is 0 Å². The number of nitrogens with one attached hydrogen (secondary N) is 3. The Morgan fingerprint density at radius 3 is 2.96 bits per heavy atom. The van der Waals surface area contributed by atoms with Crippen LogP contribution in [0.15, 0.2) is 12.3 Å². The number of hydrogen-bond acceptors (Lipinski definition) is 7. The van der Waals surface area contributed by atoms with Gasteiger partial charge in [0.1, 0.15) is 5.02 Å². The predicted molar refractivity (Wildman–Crippen MR) is 106 cm³/mol. The molecule has 1 aliphatic carbocycles. The number of terminal acetylenes is 1. The van der Waals surface area contributed by atoms with E-state index in [0.717, 1.165) is 25.7 Å². The standard InChI is InChI=1S/C18H22ClN7O2/c1-3-16(28)21-11-5-4-6-12(7-11)22-17-14(19)9-20-18(24-17)23-15-8-13(10-27)26(2)25-15/h1,8-9,11-12,27H,4-7,10H2,2H3,(H,21,28)(H2,20,22,23,24,25). The van der Waals surface area contributed by atoms with E-state index in [1.807, 2.05) is 0 Å². The topological polar surface area (TPSA) is 117 Å². The van der Waals surface area contributed by atoms with Gasteiger partial charge in [0.2, 0.25) is 5.95 Å². The maximum atomic E-state index is 11.4. The molecular weight excluding hydrogens is 382 g/mol. The maximum Gasteiger partial charge on any atom is 0.295 e. The molecule has 0 aromatic carbocycles. The van der Waals surface area contributed by atoms with Gasteiger partial charge >= 0.3 is 0 Å². The third kappa shape index (κ3) is 4.91. The molecule has 2 unspecified atom stereocenters. The van der Waals surface area contributed by atoms with Crippen molar-refractivity contribution in [3.8, 4) is 12.3 Å². The smallest absolute Gasteiger partial charge is 0.295 e. The van der Waals surface area contributed by atoms with E-state index in [0.29, 0.717) is 28.3 Å². The molecule has 2 heterocycles. The van der Waals surface area contributed by atoms with E-state index in [4.69, 9.17) is 18.0 Å². The van der Waals surface area contributed by atoms with Crippen LogP contribution in [0.3, 0.4) is 0 Å². The number of hydrogen-bond donors (Lipinski definition) is 4. The molecule has 28 heavy (non-hydrogen) atoms. The van der Waals surface area contributed by atoms with Gasteiger partial charge in [0, 0.05) is 25.2 Å². The van der Waals surface area contributed by atoms with Crippen LogP contribution < -0.4 is 16.0 Å². The monoisotopic (exact) mass is 403 g/mol. The zero-order chi connectivity index (χ0) is 20.1. The molecule has 0 radical (unpaired) electrons. The van der Waals surface area contributed by atoms with Crippen molar-refractivity contribution < 1.29 is 9.90 Å². The van der Waals surface area contributed by atoms with Crippen molar-refractivity contribution in [3.63, 3.8) is 0 Å². The van der Waals surface area contributed by atoms with Gasteiger partial charge in [-0.25, -0.2) is 4.98 Å². The Balaban J connectivity index is 1.67. The van der Waals surface area contributed by atoms with Crippen molar-refractivity contribution in [1.29, 1.82) is 0 Å². The van der Waals surface area contributed by atoms with Crippen molar-refractivity contribution in [2.75, 3.05) is 10.6 Å². The first kappa shape index (κ1) is 19.9. The molecular formula is C18H22ClN7O2. The van der Waals surface area contributed by atoms with Crippen LogP contribution in [0, 0.1) is 12.3 Å². The number of nitrogens with zero attached hydrogens (tertiary/aromatic N) is 4. The Labute approximate surface area is 167 Å². The van der Waals surface area contributed by atoms with Gasteiger partial charge in [0.05, 0.1) is 18.5 Å². The second kappa shape index (κ2) is 8.91. The first-order valence-electron chi connectivity index (χ1n) is 8.95. The third-order valence-electron chi connectivity index (χ3n) is 4.60. The number of aryl methyl sites for hydroxylation is 1. The quantitative estimate of drug-likeness (QED) is 0.541. The Bertz CT molecular complexity index is 893. The summed E-state index contributed by atoms with van der Waals surface area (Å²) in [5.74, 6) is 3.05. The Morgan fingerprint density at radius 2 is 2.25 bits per heavy atom. The van der Waals surface area contributed by atoms with Gasteiger partial charge in [-0.1, -0.05) is 11.6 Å². The Kier molecular flexibility index (Phi) is 6.34. The average Bonchev–Trinajstić information content (AvgIpc) is 3.04. The molecule has 2 aromatic heterocycles. The van der Waals surface area contributed by atoms with Gasteiger partial charge in [-0.2, -0.15) is 10.1 Å². The minimum absolute atomic E-state index is 0.0263. The molecule has 0 bridgehead atoms. The van der Waals surface area contributed by atoms with E-state index in [2.05, 4.69) is 36.9 Å². The summed E-state index contributed by atoms with van der Waals surface area (Å²) < 4.78 is 1.57. The molecule has 148 valence electrons. The summed E-state index contributed by atoms with van der Waals surface area (Å²) in [6.07, 6.45) is 10.2. The minimum atomic E-state index is -0.394. The van der Waals surface area contributed by atoms with E-state index in [1.54, 1.807) is 17.8 Å². The summed E-state index contributed by atoms with van der Waals surface area (Å²) in [5.41, 5.74) is 0.664. The Morgan fingerprint density at radius 1 is 1.46 bits per heavy atom. The van der Waals surface area contributed by atoms with Gasteiger partial charge in [0.25, 0.3) is 5.91 Å². The molecule has 0 saturated heterocycles. The fraction of sp³-hybridized carbons (Fsp3) is 0.444. The number of aliphatic hydroxyl groups excluding tert-OH is 1. The van der Waals surface area contributed by atoms with Crippen molar-refractivity contribution in [3.05, 3.63) is 23.0 Å². The fourth-order valence-electron chi connectivity index (χ4n) is 3.23. The second-order valence-corrected chi connectivity index (χ2v) is 7.05. The Hall–Kier alpha value is -2.83. The number of halogens is 1. The highest BCUT2D eigenvalue weighted by Gasteiger charge is 2.24. The number of anilines is 3. The van der Waals surface area contributed by atoms with Crippen LogP contribution in [-0.4, -0.2) is 42.8 Å². The van der Waals surface area contributed by atoms with E-state index in [-0.39, 0.29) is 18.7 Å². The van der Waals surface area contributed by atoms with Crippen LogP contribution in [0.4, 0.5) is 17.6 Å². The zero-order valence-electron chi connectivity index (χ0n) is 15.4. The van der Waals surface area contributed by atoms with Crippen molar-refractivity contribution in [2.24, 2.45) is 7.05 Å². The molecule has 0 aliphatic heterocycles. The van der Waals surface area contributed by atoms with Gasteiger partial charge in [-0.3, -0.25) is 9.48 Å². The lowest BCUT2D eigenvalue weighted by Gasteiger charge is -2.30. The van der Waals surface area contributed by atoms with Crippen LogP contribution in [0.1, 0.15) is 31.4 Å². The molecule has 1 saturated carbocycles. The number of aliphatic hydroxyl groups is 1. The lowest BCUT2D eigenvalue weighted by atomic mass is 9.91. The van der Waals surface area contributed by atoms with Crippen LogP contribution in [0.2, 0.25) is 5.02 Å². The predicted octanol–water partition coefficient (Wildman–Crippen LogP) is 1.57. The van der Waals surface area contributed by atoms with Gasteiger partial charge < -0.3 is 21.1 Å². The molecule has 0 spiro atoms. The lowest BCUT2D eigenvalue weighted by molar-refractivity contribution is -0.116. The highest BCUT2D eigenvalue weighted by atomic mass is 35.5. The number of carbonyl (C=O) groups is 1. The number of rotatable bonds is 6. The first-order chi connectivity index (χ1) is 13.5. The lowest BCUT2D eigenvalue weighted by Crippen LogP contribution is -2.41. The molecule has 3 rings (SSSR count). The van der Waals surface area contributed by atoms with Gasteiger partial charge in [-0.15, -0.1) is 6.42 Å². The minimum Gasteiger partial charge on any atom is -0.390 e. The van der Waals surface area contributed by atoms with Crippen LogP contribution in [-0.2, 0) is 18.4 Å². The summed E-state index contributed by atoms with van der Waals surface area (Å²) in [6.45, 7) is -0.113. The number of carbonyl (C=O) groups excluding carboxylic acids is 1. The van der Waals surface area contributed by atoms with E-state index >= 15 is 0 Å². The molecule has 10 heteroatoms. The molecule has 1 amide bonds. The number of amides is 1. The fourth-order valence-corrected chi connectivity index (χ4v) is 3.38. The zero-order valence-corrected chi connectivity index (χ0v) is 16.2. The van der Waals surface area contributed by atoms with E-state index < -0.39 is 5.91 Å². The van der Waals surface area contributed by atoms with Gasteiger partial charge in [-0.05, 0) is 31.6 Å². The second-order valence-electron chi connectivity index (χ2n) is 6.64. The molecule has 2 atom stereocenters. The van der Waals surface area contributed by atoms with Crippen molar-refractivity contribution in [1.82, 2.24) is 25.1 Å². The summed E-state index contributed by atoms with van der Waals surface area (Å²) in [6, 6.07) is 1.84. The molecule has 1 fully saturated rings. The molecule has 4 N–H and O–H groups in total. The highest BCUT2D eigenvalue weighted by Crippen LogP contribution is 2.26. The normalized spacial score (nSPS) is 18.9. The van der Waals surface area contributed by atoms with Crippen molar-refractivity contribution >= 4 is 35.1 Å². The van der Waals surface area contributed by atoms with E-state index in [9.17, 15) is 9.90 Å². The largest absolute Gasteiger partial charge is 0.390 e. The molecule has 9 nitrogen and oxygen atoms in total. The first-order valence-corrected chi connectivity index (χ1v) is 9.33. The molecule has 2 aromatic rings. The van der Waals surface area contributed by atoms with Crippen molar-refractivity contribution in [2.45, 2.75) is 44.4 Å².